The van der Waals surface area contributed by atoms with E-state index in [1.807, 2.05) is 6.92 Å². The Morgan fingerprint density at radius 1 is 1.35 bits per heavy atom. The molecule has 0 bridgehead atoms. The number of likely N-dealkylation sites (tertiary alicyclic amines) is 1. The summed E-state index contributed by atoms with van der Waals surface area (Å²) in [6.07, 6.45) is 2.44. The maximum Gasteiger partial charge on any atom is 0.236 e. The van der Waals surface area contributed by atoms with Crippen LogP contribution < -0.4 is 10.6 Å². The molecule has 0 spiro atoms. The molecule has 20 heavy (non-hydrogen) atoms. The molecular weight excluding hydrogens is 254 g/mol. The Balaban J connectivity index is 2.27. The first-order valence-corrected chi connectivity index (χ1v) is 7.83. The number of nitrogens with one attached hydrogen (secondary N) is 2. The molecule has 1 aliphatic rings. The number of ether oxygens (including phenoxy) is 1. The van der Waals surface area contributed by atoms with E-state index in [4.69, 9.17) is 4.74 Å². The summed E-state index contributed by atoms with van der Waals surface area (Å²) in [5.41, 5.74) is 0. The van der Waals surface area contributed by atoms with Crippen molar-refractivity contribution < 1.29 is 9.53 Å². The highest BCUT2D eigenvalue weighted by Gasteiger charge is 2.25. The van der Waals surface area contributed by atoms with E-state index in [0.29, 0.717) is 25.1 Å². The Bertz CT molecular complexity index is 278. The second kappa shape index (κ2) is 9.32. The molecule has 0 saturated carbocycles. The van der Waals surface area contributed by atoms with Crippen molar-refractivity contribution in [3.63, 3.8) is 0 Å². The van der Waals surface area contributed by atoms with E-state index in [1.54, 1.807) is 7.11 Å². The Morgan fingerprint density at radius 3 is 2.55 bits per heavy atom. The second-order valence-corrected chi connectivity index (χ2v) is 5.73. The minimum absolute atomic E-state index is 0.0555. The van der Waals surface area contributed by atoms with E-state index in [-0.39, 0.29) is 11.9 Å². The van der Waals surface area contributed by atoms with Gasteiger partial charge in [0.15, 0.2) is 0 Å². The molecule has 0 radical (unpaired) electrons. The predicted molar refractivity (Wildman–Crippen MR) is 81.8 cm³/mol. The highest BCUT2D eigenvalue weighted by atomic mass is 16.5. The van der Waals surface area contributed by atoms with Gasteiger partial charge in [-0.25, -0.2) is 0 Å². The smallest absolute Gasteiger partial charge is 0.236 e. The van der Waals surface area contributed by atoms with Crippen LogP contribution >= 0.6 is 0 Å². The second-order valence-electron chi connectivity index (χ2n) is 5.73. The number of amides is 1. The third kappa shape index (κ3) is 5.77. The number of methoxy groups -OCH3 is 1. The van der Waals surface area contributed by atoms with E-state index in [1.165, 1.54) is 25.9 Å². The van der Waals surface area contributed by atoms with Gasteiger partial charge >= 0.3 is 0 Å². The highest BCUT2D eigenvalue weighted by molar-refractivity contribution is 5.81. The number of carbonyl (C=O) groups is 1. The average molecular weight is 285 g/mol. The summed E-state index contributed by atoms with van der Waals surface area (Å²) in [5, 5.41) is 6.31. The Hall–Kier alpha value is -0.650. The van der Waals surface area contributed by atoms with Crippen molar-refractivity contribution in [1.82, 2.24) is 15.5 Å². The summed E-state index contributed by atoms with van der Waals surface area (Å²) in [7, 11) is 1.64. The molecule has 118 valence electrons. The standard InChI is InChI=1S/C15H31N3O2/c1-5-18-9-6-14(7-10-18)12(2)17-13(3)15(19)16-8-11-20-4/h12-14,17H,5-11H2,1-4H3,(H,16,19). The first-order valence-electron chi connectivity index (χ1n) is 7.83. The van der Waals surface area contributed by atoms with Gasteiger partial charge in [-0.1, -0.05) is 6.92 Å². The molecule has 0 aromatic heterocycles. The fourth-order valence-corrected chi connectivity index (χ4v) is 2.80. The molecule has 1 rings (SSSR count). The molecule has 0 aromatic carbocycles. The fourth-order valence-electron chi connectivity index (χ4n) is 2.80. The lowest BCUT2D eigenvalue weighted by atomic mass is 9.90. The lowest BCUT2D eigenvalue weighted by molar-refractivity contribution is -0.123. The van der Waals surface area contributed by atoms with E-state index in [0.717, 1.165) is 6.54 Å². The van der Waals surface area contributed by atoms with Crippen molar-refractivity contribution in [2.24, 2.45) is 5.92 Å². The molecule has 5 nitrogen and oxygen atoms in total. The molecule has 0 aromatic rings. The molecule has 2 unspecified atom stereocenters. The highest BCUT2D eigenvalue weighted by Crippen LogP contribution is 2.20. The van der Waals surface area contributed by atoms with Gasteiger partial charge in [0.2, 0.25) is 5.91 Å². The van der Waals surface area contributed by atoms with Gasteiger partial charge in [-0.15, -0.1) is 0 Å². The normalized spacial score (nSPS) is 20.6. The van der Waals surface area contributed by atoms with Gasteiger partial charge in [0, 0.05) is 19.7 Å². The summed E-state index contributed by atoms with van der Waals surface area (Å²) in [5.74, 6) is 0.729. The van der Waals surface area contributed by atoms with Crippen LogP contribution in [0.25, 0.3) is 0 Å². The number of hydrogen-bond acceptors (Lipinski definition) is 4. The summed E-state index contributed by atoms with van der Waals surface area (Å²) >= 11 is 0. The van der Waals surface area contributed by atoms with Crippen molar-refractivity contribution in [2.45, 2.75) is 45.7 Å². The third-order valence-corrected chi connectivity index (χ3v) is 4.30. The molecule has 1 aliphatic heterocycles. The van der Waals surface area contributed by atoms with Crippen LogP contribution in [-0.4, -0.2) is 62.8 Å². The average Bonchev–Trinajstić information content (AvgIpc) is 2.47. The summed E-state index contributed by atoms with van der Waals surface area (Å²) < 4.78 is 4.93. The van der Waals surface area contributed by atoms with Crippen molar-refractivity contribution in [3.05, 3.63) is 0 Å². The molecule has 1 saturated heterocycles. The third-order valence-electron chi connectivity index (χ3n) is 4.30. The van der Waals surface area contributed by atoms with Crippen LogP contribution in [0.3, 0.4) is 0 Å². The summed E-state index contributed by atoms with van der Waals surface area (Å²) in [4.78, 5) is 14.4. The maximum absolute atomic E-state index is 11.9. The maximum atomic E-state index is 11.9. The van der Waals surface area contributed by atoms with Crippen LogP contribution in [0.2, 0.25) is 0 Å². The van der Waals surface area contributed by atoms with E-state index >= 15 is 0 Å². The van der Waals surface area contributed by atoms with Gasteiger partial charge in [0.05, 0.1) is 12.6 Å². The number of piperidine rings is 1. The molecule has 0 aliphatic carbocycles. The van der Waals surface area contributed by atoms with Gasteiger partial charge in [-0.05, 0) is 52.2 Å². The zero-order valence-corrected chi connectivity index (χ0v) is 13.4. The SMILES string of the molecule is CCN1CCC(C(C)NC(C)C(=O)NCCOC)CC1. The predicted octanol–water partition coefficient (Wildman–Crippen LogP) is 0.848. The molecular formula is C15H31N3O2. The lowest BCUT2D eigenvalue weighted by Crippen LogP contribution is -2.50. The van der Waals surface area contributed by atoms with Gasteiger partial charge in [0.1, 0.15) is 0 Å². The Kier molecular flexibility index (Phi) is 8.11. The Morgan fingerprint density at radius 2 is 2.00 bits per heavy atom. The van der Waals surface area contributed by atoms with Crippen molar-refractivity contribution >= 4 is 5.91 Å². The number of nitrogens with zero attached hydrogens (tertiary/aromatic N) is 1. The van der Waals surface area contributed by atoms with Crippen LogP contribution in [0.1, 0.15) is 33.6 Å². The monoisotopic (exact) mass is 285 g/mol. The number of hydrogen-bond donors (Lipinski definition) is 2. The van der Waals surface area contributed by atoms with E-state index in [9.17, 15) is 4.79 Å². The molecule has 2 N–H and O–H groups in total. The quantitative estimate of drug-likeness (QED) is 0.649. The molecule has 1 amide bonds. The topological polar surface area (TPSA) is 53.6 Å². The molecule has 5 heteroatoms. The minimum atomic E-state index is -0.147. The minimum Gasteiger partial charge on any atom is -0.383 e. The van der Waals surface area contributed by atoms with Crippen molar-refractivity contribution in [2.75, 3.05) is 39.9 Å². The van der Waals surface area contributed by atoms with Crippen LogP contribution in [0, 0.1) is 5.92 Å². The van der Waals surface area contributed by atoms with Gasteiger partial charge in [-0.2, -0.15) is 0 Å². The van der Waals surface area contributed by atoms with E-state index in [2.05, 4.69) is 29.4 Å². The van der Waals surface area contributed by atoms with Crippen LogP contribution in [0.15, 0.2) is 0 Å². The summed E-state index contributed by atoms with van der Waals surface area (Å²) in [6, 6.07) is 0.239. The zero-order valence-electron chi connectivity index (χ0n) is 13.4. The zero-order chi connectivity index (χ0) is 15.0. The van der Waals surface area contributed by atoms with Crippen molar-refractivity contribution in [3.8, 4) is 0 Å². The van der Waals surface area contributed by atoms with E-state index < -0.39 is 0 Å². The van der Waals surface area contributed by atoms with Gasteiger partial charge in [0.25, 0.3) is 0 Å². The fraction of sp³-hybridized carbons (Fsp3) is 0.933. The van der Waals surface area contributed by atoms with Crippen LogP contribution in [-0.2, 0) is 9.53 Å². The molecule has 1 fully saturated rings. The molecule has 2 atom stereocenters. The van der Waals surface area contributed by atoms with Crippen LogP contribution in [0.4, 0.5) is 0 Å². The number of carbonyl (C=O) groups excluding carboxylic acids is 1. The van der Waals surface area contributed by atoms with Crippen molar-refractivity contribution in [1.29, 1.82) is 0 Å². The lowest BCUT2D eigenvalue weighted by Gasteiger charge is -2.35. The largest absolute Gasteiger partial charge is 0.383 e. The molecule has 1 heterocycles. The first-order chi connectivity index (χ1) is 9.58. The van der Waals surface area contributed by atoms with Crippen LogP contribution in [0.5, 0.6) is 0 Å². The van der Waals surface area contributed by atoms with Gasteiger partial charge in [-0.3, -0.25) is 4.79 Å². The summed E-state index contributed by atoms with van der Waals surface area (Å²) in [6.45, 7) is 11.0. The van der Waals surface area contributed by atoms with Gasteiger partial charge < -0.3 is 20.3 Å². The Labute approximate surface area is 123 Å². The first kappa shape index (κ1) is 17.4. The number of rotatable bonds is 8.